The van der Waals surface area contributed by atoms with E-state index in [4.69, 9.17) is 9.52 Å². The molecule has 3 rings (SSSR count). The molecule has 92 valence electrons. The highest BCUT2D eigenvalue weighted by Crippen LogP contribution is 2.44. The fourth-order valence-electron chi connectivity index (χ4n) is 3.39. The molecule has 2 N–H and O–H groups in total. The van der Waals surface area contributed by atoms with Crippen molar-refractivity contribution in [3.05, 3.63) is 23.7 Å². The third-order valence-corrected chi connectivity index (χ3v) is 4.24. The van der Waals surface area contributed by atoms with Crippen LogP contribution in [0, 0.1) is 11.8 Å². The molecule has 2 aliphatic carbocycles. The van der Waals surface area contributed by atoms with Gasteiger partial charge in [-0.3, -0.25) is 0 Å². The van der Waals surface area contributed by atoms with Crippen LogP contribution in [0.3, 0.4) is 0 Å². The minimum Gasteiger partial charge on any atom is -0.478 e. The molecule has 0 aliphatic heterocycles. The second-order valence-corrected chi connectivity index (χ2v) is 5.22. The van der Waals surface area contributed by atoms with E-state index in [-0.39, 0.29) is 5.56 Å². The van der Waals surface area contributed by atoms with Gasteiger partial charge in [-0.15, -0.1) is 0 Å². The monoisotopic (exact) mass is 235 g/mol. The van der Waals surface area contributed by atoms with Crippen molar-refractivity contribution < 1.29 is 14.3 Å². The predicted molar refractivity (Wildman–Crippen MR) is 61.7 cm³/mol. The Hall–Kier alpha value is -1.29. The highest BCUT2D eigenvalue weighted by atomic mass is 16.4. The summed E-state index contributed by atoms with van der Waals surface area (Å²) in [5, 5.41) is 12.4. The summed E-state index contributed by atoms with van der Waals surface area (Å²) in [6, 6.07) is 2.07. The predicted octanol–water partition coefficient (Wildman–Crippen LogP) is 2.26. The number of carbonyl (C=O) groups is 1. The summed E-state index contributed by atoms with van der Waals surface area (Å²) >= 11 is 0. The van der Waals surface area contributed by atoms with Gasteiger partial charge in [0.05, 0.1) is 12.8 Å². The van der Waals surface area contributed by atoms with E-state index < -0.39 is 5.97 Å². The van der Waals surface area contributed by atoms with Gasteiger partial charge in [0.1, 0.15) is 11.3 Å². The van der Waals surface area contributed by atoms with Crippen LogP contribution in [0.25, 0.3) is 0 Å². The average molecular weight is 235 g/mol. The molecule has 4 nitrogen and oxygen atoms in total. The van der Waals surface area contributed by atoms with Gasteiger partial charge >= 0.3 is 5.97 Å². The molecule has 2 fully saturated rings. The van der Waals surface area contributed by atoms with Gasteiger partial charge in [-0.2, -0.15) is 0 Å². The van der Waals surface area contributed by atoms with Gasteiger partial charge in [-0.05, 0) is 37.2 Å². The molecule has 2 aliphatic rings. The van der Waals surface area contributed by atoms with E-state index in [1.165, 1.54) is 38.0 Å². The number of carboxylic acids is 1. The summed E-state index contributed by atoms with van der Waals surface area (Å²) < 4.78 is 5.22. The normalized spacial score (nSPS) is 30.9. The van der Waals surface area contributed by atoms with Crippen LogP contribution in [0.1, 0.15) is 41.8 Å². The minimum atomic E-state index is -0.913. The Kier molecular flexibility index (Phi) is 2.67. The summed E-state index contributed by atoms with van der Waals surface area (Å²) in [5.41, 5.74) is 0.278. The van der Waals surface area contributed by atoms with E-state index in [2.05, 4.69) is 5.32 Å². The molecule has 0 aromatic carbocycles. The van der Waals surface area contributed by atoms with Gasteiger partial charge in [0.15, 0.2) is 0 Å². The largest absolute Gasteiger partial charge is 0.478 e. The maximum absolute atomic E-state index is 10.9. The number of hydrogen-bond donors (Lipinski definition) is 2. The van der Waals surface area contributed by atoms with Gasteiger partial charge < -0.3 is 14.8 Å². The number of rotatable bonds is 4. The summed E-state index contributed by atoms with van der Waals surface area (Å²) in [4.78, 5) is 10.9. The molecule has 3 unspecified atom stereocenters. The van der Waals surface area contributed by atoms with Crippen LogP contribution in [-0.2, 0) is 6.54 Å². The number of carboxylic acid groups (broad SMARTS) is 1. The third kappa shape index (κ3) is 1.97. The average Bonchev–Trinajstić information content (AvgIpc) is 3.01. The number of furan rings is 1. The van der Waals surface area contributed by atoms with E-state index in [0.717, 1.165) is 11.8 Å². The van der Waals surface area contributed by atoms with Gasteiger partial charge in [0, 0.05) is 6.04 Å². The molecule has 4 heteroatoms. The van der Waals surface area contributed by atoms with Crippen molar-refractivity contribution in [2.75, 3.05) is 0 Å². The Bertz CT molecular complexity index is 426. The van der Waals surface area contributed by atoms with Gasteiger partial charge in [0.2, 0.25) is 0 Å². The van der Waals surface area contributed by atoms with Crippen LogP contribution in [0.15, 0.2) is 16.7 Å². The fraction of sp³-hybridized carbons (Fsp3) is 0.615. The van der Waals surface area contributed by atoms with Crippen molar-refractivity contribution in [2.24, 2.45) is 11.8 Å². The van der Waals surface area contributed by atoms with E-state index in [0.29, 0.717) is 18.3 Å². The smallest absolute Gasteiger partial charge is 0.339 e. The molecule has 0 spiro atoms. The highest BCUT2D eigenvalue weighted by Gasteiger charge is 2.39. The molecule has 1 heterocycles. The Morgan fingerprint density at radius 1 is 1.47 bits per heavy atom. The first kappa shape index (κ1) is 10.8. The number of aromatic carboxylic acids is 1. The number of nitrogens with one attached hydrogen (secondary N) is 1. The molecular formula is C13H17NO3. The zero-order valence-electron chi connectivity index (χ0n) is 9.69. The maximum atomic E-state index is 10.9. The van der Waals surface area contributed by atoms with Crippen LogP contribution in [0.2, 0.25) is 0 Å². The highest BCUT2D eigenvalue weighted by molar-refractivity contribution is 5.88. The first-order valence-electron chi connectivity index (χ1n) is 6.27. The van der Waals surface area contributed by atoms with Crippen molar-refractivity contribution in [3.63, 3.8) is 0 Å². The van der Waals surface area contributed by atoms with Gasteiger partial charge in [0.25, 0.3) is 0 Å². The van der Waals surface area contributed by atoms with E-state index in [1.54, 1.807) is 0 Å². The second kappa shape index (κ2) is 4.18. The van der Waals surface area contributed by atoms with Crippen molar-refractivity contribution >= 4 is 5.97 Å². The zero-order chi connectivity index (χ0) is 11.8. The summed E-state index contributed by atoms with van der Waals surface area (Å²) in [6.07, 6.45) is 6.74. The van der Waals surface area contributed by atoms with Crippen molar-refractivity contribution in [1.82, 2.24) is 5.32 Å². The zero-order valence-corrected chi connectivity index (χ0v) is 9.69. The van der Waals surface area contributed by atoms with Crippen molar-refractivity contribution in [1.29, 1.82) is 0 Å². The van der Waals surface area contributed by atoms with Crippen LogP contribution < -0.4 is 5.32 Å². The molecule has 1 aromatic heterocycles. The molecule has 17 heavy (non-hydrogen) atoms. The molecule has 2 bridgehead atoms. The molecule has 1 aromatic rings. The fourth-order valence-corrected chi connectivity index (χ4v) is 3.39. The van der Waals surface area contributed by atoms with E-state index in [9.17, 15) is 4.79 Å². The standard InChI is InChI=1S/C13H17NO3/c15-13(16)10-3-4-17-12(10)7-14-11-6-8-1-2-9(11)5-8/h3-4,8-9,11,14H,1-2,5-7H2,(H,15,16). The SMILES string of the molecule is O=C(O)c1ccoc1CNC1CC2CCC1C2. The Morgan fingerprint density at radius 2 is 2.35 bits per heavy atom. The molecule has 0 saturated heterocycles. The van der Waals surface area contributed by atoms with Gasteiger partial charge in [-0.1, -0.05) is 6.42 Å². The Balaban J connectivity index is 1.60. The first-order chi connectivity index (χ1) is 8.24. The van der Waals surface area contributed by atoms with E-state index in [1.807, 2.05) is 0 Å². The molecule has 2 saturated carbocycles. The minimum absolute atomic E-state index is 0.278. The molecule has 0 amide bonds. The second-order valence-electron chi connectivity index (χ2n) is 5.22. The van der Waals surface area contributed by atoms with Crippen LogP contribution in [0.4, 0.5) is 0 Å². The van der Waals surface area contributed by atoms with Crippen molar-refractivity contribution in [2.45, 2.75) is 38.3 Å². The summed E-state index contributed by atoms with van der Waals surface area (Å²) in [6.45, 7) is 0.530. The lowest BCUT2D eigenvalue weighted by Gasteiger charge is -2.22. The van der Waals surface area contributed by atoms with Crippen molar-refractivity contribution in [3.8, 4) is 0 Å². The van der Waals surface area contributed by atoms with Gasteiger partial charge in [-0.25, -0.2) is 4.79 Å². The maximum Gasteiger partial charge on any atom is 0.339 e. The van der Waals surface area contributed by atoms with E-state index >= 15 is 0 Å². The van der Waals surface area contributed by atoms with Crippen LogP contribution >= 0.6 is 0 Å². The lowest BCUT2D eigenvalue weighted by atomic mass is 9.95. The summed E-state index contributed by atoms with van der Waals surface area (Å²) in [7, 11) is 0. The Morgan fingerprint density at radius 3 is 3.00 bits per heavy atom. The Labute approximate surface area is 100 Å². The van der Waals surface area contributed by atoms with Crippen LogP contribution in [-0.4, -0.2) is 17.1 Å². The molecule has 0 radical (unpaired) electrons. The quantitative estimate of drug-likeness (QED) is 0.840. The third-order valence-electron chi connectivity index (χ3n) is 4.24. The summed E-state index contributed by atoms with van der Waals surface area (Å²) in [5.74, 6) is 1.32. The topological polar surface area (TPSA) is 62.5 Å². The lowest BCUT2D eigenvalue weighted by molar-refractivity contribution is 0.0694. The molecule has 3 atom stereocenters. The number of fused-ring (bicyclic) bond motifs is 2. The van der Waals surface area contributed by atoms with Crippen LogP contribution in [0.5, 0.6) is 0 Å². The first-order valence-corrected chi connectivity index (χ1v) is 6.27. The molecular weight excluding hydrogens is 218 g/mol. The lowest BCUT2D eigenvalue weighted by Crippen LogP contribution is -2.33. The number of hydrogen-bond acceptors (Lipinski definition) is 3.